The summed E-state index contributed by atoms with van der Waals surface area (Å²) in [6, 6.07) is 9.06. The minimum atomic E-state index is 0.377. The molecule has 1 aromatic rings. The number of methoxy groups -OCH3 is 1. The van der Waals surface area contributed by atoms with Crippen LogP contribution in [-0.2, 0) is 11.3 Å². The summed E-state index contributed by atoms with van der Waals surface area (Å²) in [5, 5.41) is 0. The predicted molar refractivity (Wildman–Crippen MR) is 74.4 cm³/mol. The van der Waals surface area contributed by atoms with E-state index in [4.69, 9.17) is 10.5 Å². The van der Waals surface area contributed by atoms with Gasteiger partial charge in [-0.2, -0.15) is 0 Å². The Kier molecular flexibility index (Phi) is 5.17. The van der Waals surface area contributed by atoms with Crippen molar-refractivity contribution in [2.45, 2.75) is 31.9 Å². The summed E-state index contributed by atoms with van der Waals surface area (Å²) in [5.41, 5.74) is 8.52. The summed E-state index contributed by atoms with van der Waals surface area (Å²) in [6.45, 7) is 3.74. The van der Waals surface area contributed by atoms with E-state index in [-0.39, 0.29) is 0 Å². The number of benzene rings is 1. The summed E-state index contributed by atoms with van der Waals surface area (Å²) in [6.07, 6.45) is 3.97. The summed E-state index contributed by atoms with van der Waals surface area (Å²) in [7, 11) is 1.73. The molecule has 1 unspecified atom stereocenters. The van der Waals surface area contributed by atoms with Gasteiger partial charge in [0.25, 0.3) is 0 Å². The normalized spacial score (nSPS) is 18.8. The molecule has 1 heterocycles. The monoisotopic (exact) mass is 248 g/mol. The first-order valence-electron chi connectivity index (χ1n) is 6.87. The third-order valence-corrected chi connectivity index (χ3v) is 3.73. The number of piperidine rings is 1. The summed E-state index contributed by atoms with van der Waals surface area (Å²) in [4.78, 5) is 2.52. The molecule has 0 aromatic heterocycles. The Morgan fingerprint density at radius 2 is 1.83 bits per heavy atom. The highest BCUT2D eigenvalue weighted by Gasteiger charge is 2.20. The van der Waals surface area contributed by atoms with Gasteiger partial charge in [-0.05, 0) is 37.1 Å². The first-order chi connectivity index (χ1) is 8.85. The van der Waals surface area contributed by atoms with Gasteiger partial charge in [0, 0.05) is 19.7 Å². The van der Waals surface area contributed by atoms with Crippen LogP contribution < -0.4 is 5.73 Å². The second-order valence-electron chi connectivity index (χ2n) is 5.02. The van der Waals surface area contributed by atoms with Crippen molar-refractivity contribution in [3.05, 3.63) is 35.4 Å². The van der Waals surface area contributed by atoms with Crippen LogP contribution >= 0.6 is 0 Å². The van der Waals surface area contributed by atoms with E-state index in [1.54, 1.807) is 7.11 Å². The van der Waals surface area contributed by atoms with Crippen molar-refractivity contribution in [3.8, 4) is 0 Å². The highest BCUT2D eigenvalue weighted by atomic mass is 16.5. The predicted octanol–water partition coefficient (Wildman–Crippen LogP) is 2.32. The summed E-state index contributed by atoms with van der Waals surface area (Å²) < 4.78 is 5.14. The molecule has 0 amide bonds. The maximum Gasteiger partial charge on any atom is 0.0713 e. The molecular weight excluding hydrogens is 224 g/mol. The average Bonchev–Trinajstić information content (AvgIpc) is 2.43. The lowest BCUT2D eigenvalue weighted by Crippen LogP contribution is -2.37. The number of hydrogen-bond donors (Lipinski definition) is 1. The van der Waals surface area contributed by atoms with Crippen molar-refractivity contribution in [3.63, 3.8) is 0 Å². The van der Waals surface area contributed by atoms with Gasteiger partial charge in [-0.25, -0.2) is 0 Å². The van der Waals surface area contributed by atoms with E-state index in [2.05, 4.69) is 29.2 Å². The van der Waals surface area contributed by atoms with E-state index in [9.17, 15) is 0 Å². The van der Waals surface area contributed by atoms with Crippen molar-refractivity contribution in [1.29, 1.82) is 0 Å². The van der Waals surface area contributed by atoms with Crippen molar-refractivity contribution in [2.75, 3.05) is 26.7 Å². The molecule has 100 valence electrons. The van der Waals surface area contributed by atoms with E-state index >= 15 is 0 Å². The first kappa shape index (κ1) is 13.5. The minimum absolute atomic E-state index is 0.377. The van der Waals surface area contributed by atoms with Crippen molar-refractivity contribution in [2.24, 2.45) is 5.73 Å². The van der Waals surface area contributed by atoms with Crippen molar-refractivity contribution >= 4 is 0 Å². The zero-order valence-corrected chi connectivity index (χ0v) is 11.3. The number of nitrogens with two attached hydrogens (primary N) is 1. The maximum absolute atomic E-state index is 5.97. The molecule has 0 spiro atoms. The van der Waals surface area contributed by atoms with Crippen LogP contribution in [0.2, 0.25) is 0 Å². The maximum atomic E-state index is 5.97. The Balaban J connectivity index is 2.06. The molecule has 1 aliphatic rings. The van der Waals surface area contributed by atoms with Crippen LogP contribution in [0, 0.1) is 0 Å². The molecule has 1 aromatic carbocycles. The van der Waals surface area contributed by atoms with Crippen LogP contribution in [0.4, 0.5) is 0 Å². The first-order valence-corrected chi connectivity index (χ1v) is 6.87. The fraction of sp³-hybridized carbons (Fsp3) is 0.600. The number of hydrogen-bond acceptors (Lipinski definition) is 3. The van der Waals surface area contributed by atoms with E-state index in [0.717, 1.165) is 0 Å². The average molecular weight is 248 g/mol. The Hall–Kier alpha value is -0.900. The third-order valence-electron chi connectivity index (χ3n) is 3.73. The lowest BCUT2D eigenvalue weighted by atomic mass is 10.0. The van der Waals surface area contributed by atoms with E-state index in [1.165, 1.54) is 43.5 Å². The van der Waals surface area contributed by atoms with Crippen LogP contribution in [-0.4, -0.2) is 31.6 Å². The fourth-order valence-electron chi connectivity index (χ4n) is 2.73. The Morgan fingerprint density at radius 1 is 1.17 bits per heavy atom. The smallest absolute Gasteiger partial charge is 0.0713 e. The van der Waals surface area contributed by atoms with Gasteiger partial charge in [0.2, 0.25) is 0 Å². The second-order valence-corrected chi connectivity index (χ2v) is 5.02. The van der Waals surface area contributed by atoms with Crippen LogP contribution in [0.5, 0.6) is 0 Å². The molecule has 0 bridgehead atoms. The molecule has 1 fully saturated rings. The van der Waals surface area contributed by atoms with E-state index in [1.807, 2.05) is 0 Å². The highest BCUT2D eigenvalue weighted by Crippen LogP contribution is 2.24. The minimum Gasteiger partial charge on any atom is -0.380 e. The molecule has 0 aliphatic carbocycles. The van der Waals surface area contributed by atoms with E-state index < -0.39 is 0 Å². The standard InChI is InChI=1S/C15H24N2O/c1-18-12-13-5-7-14(8-6-13)15(11-16)17-9-3-2-4-10-17/h5-8,15H,2-4,9-12,16H2,1H3. The number of rotatable bonds is 5. The molecule has 3 nitrogen and oxygen atoms in total. The molecular formula is C15H24N2O. The van der Waals surface area contributed by atoms with Gasteiger partial charge in [-0.1, -0.05) is 30.7 Å². The summed E-state index contributed by atoms with van der Waals surface area (Å²) in [5.74, 6) is 0. The van der Waals surface area contributed by atoms with E-state index in [0.29, 0.717) is 19.2 Å². The molecule has 18 heavy (non-hydrogen) atoms. The number of nitrogens with zero attached hydrogens (tertiary/aromatic N) is 1. The summed E-state index contributed by atoms with van der Waals surface area (Å²) >= 11 is 0. The highest BCUT2D eigenvalue weighted by molar-refractivity contribution is 5.25. The SMILES string of the molecule is COCc1ccc(C(CN)N2CCCCC2)cc1. The molecule has 1 saturated heterocycles. The van der Waals surface area contributed by atoms with Crippen molar-refractivity contribution in [1.82, 2.24) is 4.90 Å². The number of likely N-dealkylation sites (tertiary alicyclic amines) is 1. The Morgan fingerprint density at radius 3 is 2.39 bits per heavy atom. The topological polar surface area (TPSA) is 38.5 Å². The van der Waals surface area contributed by atoms with Gasteiger partial charge >= 0.3 is 0 Å². The van der Waals surface area contributed by atoms with Gasteiger partial charge in [0.1, 0.15) is 0 Å². The van der Waals surface area contributed by atoms with Crippen molar-refractivity contribution < 1.29 is 4.74 Å². The van der Waals surface area contributed by atoms with Crippen LogP contribution in [0.3, 0.4) is 0 Å². The largest absolute Gasteiger partial charge is 0.380 e. The molecule has 3 heteroatoms. The second kappa shape index (κ2) is 6.88. The lowest BCUT2D eigenvalue weighted by molar-refractivity contribution is 0.167. The lowest BCUT2D eigenvalue weighted by Gasteiger charge is -2.34. The van der Waals surface area contributed by atoms with Crippen LogP contribution in [0.15, 0.2) is 24.3 Å². The zero-order valence-electron chi connectivity index (χ0n) is 11.3. The number of ether oxygens (including phenoxy) is 1. The molecule has 2 rings (SSSR count). The third kappa shape index (κ3) is 3.31. The van der Waals surface area contributed by atoms with Gasteiger partial charge in [-0.15, -0.1) is 0 Å². The zero-order chi connectivity index (χ0) is 12.8. The van der Waals surface area contributed by atoms with Crippen LogP contribution in [0.1, 0.15) is 36.4 Å². The molecule has 2 N–H and O–H groups in total. The Bertz CT molecular complexity index is 344. The quantitative estimate of drug-likeness (QED) is 0.869. The molecule has 1 atom stereocenters. The van der Waals surface area contributed by atoms with Gasteiger partial charge in [-0.3, -0.25) is 4.90 Å². The van der Waals surface area contributed by atoms with Gasteiger partial charge in [0.15, 0.2) is 0 Å². The fourth-order valence-corrected chi connectivity index (χ4v) is 2.73. The molecule has 1 aliphatic heterocycles. The van der Waals surface area contributed by atoms with Gasteiger partial charge in [0.05, 0.1) is 6.61 Å². The Labute approximate surface area is 110 Å². The molecule has 0 saturated carbocycles. The van der Waals surface area contributed by atoms with Crippen LogP contribution in [0.25, 0.3) is 0 Å². The van der Waals surface area contributed by atoms with Gasteiger partial charge < -0.3 is 10.5 Å². The molecule has 0 radical (unpaired) electrons.